The van der Waals surface area contributed by atoms with Crippen LogP contribution in [0.2, 0.25) is 0 Å². The molecule has 144 valence electrons. The highest BCUT2D eigenvalue weighted by Crippen LogP contribution is 2.68. The second kappa shape index (κ2) is 4.46. The van der Waals surface area contributed by atoms with Gasteiger partial charge in [0.1, 0.15) is 0 Å². The van der Waals surface area contributed by atoms with Crippen molar-refractivity contribution < 1.29 is 52.7 Å². The van der Waals surface area contributed by atoms with Crippen LogP contribution in [0.15, 0.2) is 0 Å². The molecule has 0 amide bonds. The highest BCUT2D eigenvalue weighted by atomic mass is 19.3. The van der Waals surface area contributed by atoms with Gasteiger partial charge in [0.05, 0.1) is 0 Å². The zero-order valence-corrected chi connectivity index (χ0v) is 12.5. The molecule has 0 heterocycles. The number of hydrogen-bond donors (Lipinski definition) is 0. The molecule has 0 aliphatic heterocycles. The Morgan fingerprint density at radius 3 is 0.417 bits per heavy atom. The molecule has 2 rings (SSSR count). The average Bonchev–Trinajstić information content (AvgIpc) is 2.36. The minimum absolute atomic E-state index is 0.129. The molecule has 0 bridgehead atoms. The third kappa shape index (κ3) is 1.70. The van der Waals surface area contributed by atoms with Gasteiger partial charge >= 0.3 is 23.7 Å². The monoisotopic (exact) mass is 384 g/mol. The molecule has 4 atom stereocenters. The molecular weight excluding hydrogens is 372 g/mol. The normalized spacial score (nSPS) is 50.0. The Balaban J connectivity index is 0.000000240. The summed E-state index contributed by atoms with van der Waals surface area (Å²) in [7, 11) is 0. The van der Waals surface area contributed by atoms with Gasteiger partial charge in [-0.05, 0) is 27.7 Å². The van der Waals surface area contributed by atoms with Crippen LogP contribution >= 0.6 is 0 Å². The summed E-state index contributed by atoms with van der Waals surface area (Å²) in [4.78, 5) is 0. The van der Waals surface area contributed by atoms with E-state index in [0.717, 1.165) is 0 Å². The summed E-state index contributed by atoms with van der Waals surface area (Å²) in [5.41, 5.74) is -15.2. The van der Waals surface area contributed by atoms with Crippen molar-refractivity contribution in [2.75, 3.05) is 0 Å². The van der Waals surface area contributed by atoms with E-state index in [1.807, 2.05) is 0 Å². The van der Waals surface area contributed by atoms with Crippen LogP contribution in [0.4, 0.5) is 52.7 Å². The van der Waals surface area contributed by atoms with Gasteiger partial charge in [0, 0.05) is 0 Å². The third-order valence-electron chi connectivity index (χ3n) is 4.91. The number of halogens is 12. The average molecular weight is 384 g/mol. The van der Waals surface area contributed by atoms with Crippen molar-refractivity contribution in [3.05, 3.63) is 0 Å². The van der Waals surface area contributed by atoms with Crippen molar-refractivity contribution in [2.24, 2.45) is 0 Å². The Morgan fingerprint density at radius 1 is 0.292 bits per heavy atom. The maximum atomic E-state index is 12.7. The van der Waals surface area contributed by atoms with Crippen molar-refractivity contribution >= 4 is 0 Å². The maximum absolute atomic E-state index is 12.7. The molecule has 0 saturated heterocycles. The third-order valence-corrected chi connectivity index (χ3v) is 4.91. The van der Waals surface area contributed by atoms with Gasteiger partial charge in [-0.25, -0.2) is 17.6 Å². The van der Waals surface area contributed by atoms with Gasteiger partial charge in [-0.15, -0.1) is 0 Å². The Kier molecular flexibility index (Phi) is 3.94. The fraction of sp³-hybridized carbons (Fsp3) is 1.00. The van der Waals surface area contributed by atoms with Crippen LogP contribution in [0.1, 0.15) is 27.7 Å². The van der Waals surface area contributed by atoms with Gasteiger partial charge in [-0.2, -0.15) is 35.1 Å². The van der Waals surface area contributed by atoms with Gasteiger partial charge in [0.2, 0.25) is 22.7 Å². The van der Waals surface area contributed by atoms with Crippen molar-refractivity contribution in [3.63, 3.8) is 0 Å². The van der Waals surface area contributed by atoms with Crippen LogP contribution < -0.4 is 0 Å². The first kappa shape index (κ1) is 21.2. The summed E-state index contributed by atoms with van der Waals surface area (Å²) in [6.07, 6.45) is 0. The Bertz CT molecular complexity index is 352. The molecule has 0 nitrogen and oxygen atoms in total. The zero-order valence-electron chi connectivity index (χ0n) is 12.5. The minimum atomic E-state index is -4.93. The number of hydrogen-bond acceptors (Lipinski definition) is 0. The van der Waals surface area contributed by atoms with Crippen LogP contribution in [0.3, 0.4) is 0 Å². The molecule has 0 spiro atoms. The van der Waals surface area contributed by atoms with Crippen molar-refractivity contribution in [2.45, 2.75) is 74.1 Å². The van der Waals surface area contributed by atoms with Crippen LogP contribution in [0.25, 0.3) is 0 Å². The van der Waals surface area contributed by atoms with E-state index in [9.17, 15) is 52.7 Å². The second-order valence-corrected chi connectivity index (χ2v) is 6.31. The van der Waals surface area contributed by atoms with Gasteiger partial charge in [-0.3, -0.25) is 0 Å². The zero-order chi connectivity index (χ0) is 20.0. The second-order valence-electron chi connectivity index (χ2n) is 6.31. The Hall–Kier alpha value is -0.840. The summed E-state index contributed by atoms with van der Waals surface area (Å²) in [6, 6.07) is 0. The molecule has 0 aromatic rings. The first-order valence-electron chi connectivity index (χ1n) is 6.27. The van der Waals surface area contributed by atoms with Crippen LogP contribution in [0, 0.1) is 0 Å². The quantitative estimate of drug-likeness (QED) is 0.487. The van der Waals surface area contributed by atoms with Crippen LogP contribution in [0.5, 0.6) is 0 Å². The lowest BCUT2D eigenvalue weighted by Crippen LogP contribution is -2.83. The van der Waals surface area contributed by atoms with E-state index in [4.69, 9.17) is 0 Å². The van der Waals surface area contributed by atoms with E-state index in [1.165, 1.54) is 0 Å². The molecule has 0 N–H and O–H groups in total. The lowest BCUT2D eigenvalue weighted by Gasteiger charge is -2.55. The predicted octanol–water partition coefficient (Wildman–Crippen LogP) is 5.45. The summed E-state index contributed by atoms with van der Waals surface area (Å²) in [5, 5.41) is 0. The lowest BCUT2D eigenvalue weighted by atomic mass is 9.63. The Morgan fingerprint density at radius 2 is 0.375 bits per heavy atom. The molecule has 0 radical (unpaired) electrons. The lowest BCUT2D eigenvalue weighted by molar-refractivity contribution is -0.427. The van der Waals surface area contributed by atoms with Gasteiger partial charge in [0.25, 0.3) is 0 Å². The minimum Gasteiger partial charge on any atom is -0.233 e. The fourth-order valence-electron chi connectivity index (χ4n) is 2.23. The van der Waals surface area contributed by atoms with E-state index in [1.54, 1.807) is 0 Å². The summed E-state index contributed by atoms with van der Waals surface area (Å²) in [5.74, 6) is -19.7. The van der Waals surface area contributed by atoms with Gasteiger partial charge in [-0.1, -0.05) is 0 Å². The number of rotatable bonds is 0. The summed E-state index contributed by atoms with van der Waals surface area (Å²) < 4.78 is 148. The Labute approximate surface area is 128 Å². The van der Waals surface area contributed by atoms with Crippen molar-refractivity contribution in [1.82, 2.24) is 0 Å². The van der Waals surface area contributed by atoms with E-state index < -0.39 is 46.4 Å². The van der Waals surface area contributed by atoms with Crippen molar-refractivity contribution in [3.8, 4) is 0 Å². The molecule has 2 fully saturated rings. The molecule has 0 aromatic carbocycles. The highest BCUT2D eigenvalue weighted by Gasteiger charge is 2.95. The van der Waals surface area contributed by atoms with Gasteiger partial charge in [0.15, 0.2) is 0 Å². The first-order chi connectivity index (χ1) is 10.0. The highest BCUT2D eigenvalue weighted by molar-refractivity contribution is 5.29. The van der Waals surface area contributed by atoms with E-state index in [0.29, 0.717) is 0 Å². The van der Waals surface area contributed by atoms with Crippen LogP contribution in [-0.2, 0) is 0 Å². The summed E-state index contributed by atoms with van der Waals surface area (Å²) >= 11 is 0. The SMILES string of the molecule is C[C@@]1(F)C(F)(F)C(F)(F)[C@@]1(C)F.C[C@]1(F)C(F)(F)C(F)(F)[C@@]1(C)F. The molecule has 24 heavy (non-hydrogen) atoms. The first-order valence-corrected chi connectivity index (χ1v) is 6.27. The van der Waals surface area contributed by atoms with Gasteiger partial charge < -0.3 is 0 Å². The summed E-state index contributed by atoms with van der Waals surface area (Å²) in [6.45, 7) is 0.518. The molecular formula is C12H12F12. The maximum Gasteiger partial charge on any atom is 0.349 e. The standard InChI is InChI=1S/2C6H6F6/c2*1-3(7)4(2,8)6(11,12)5(3,9)10/h2*1-2H3/t3-,4+;3-,4-/m.0/s1. The smallest absolute Gasteiger partial charge is 0.233 e. The van der Waals surface area contributed by atoms with E-state index in [-0.39, 0.29) is 27.7 Å². The molecule has 2 aliphatic rings. The predicted molar refractivity (Wildman–Crippen MR) is 57.8 cm³/mol. The molecule has 0 unspecified atom stereocenters. The fourth-order valence-corrected chi connectivity index (χ4v) is 2.23. The topological polar surface area (TPSA) is 0 Å². The van der Waals surface area contributed by atoms with Crippen molar-refractivity contribution in [1.29, 1.82) is 0 Å². The van der Waals surface area contributed by atoms with E-state index >= 15 is 0 Å². The largest absolute Gasteiger partial charge is 0.349 e. The number of alkyl halides is 12. The molecule has 2 aliphatic carbocycles. The molecule has 12 heteroatoms. The molecule has 0 aromatic heterocycles. The van der Waals surface area contributed by atoms with Crippen LogP contribution in [-0.4, -0.2) is 46.4 Å². The molecule has 2 saturated carbocycles. The van der Waals surface area contributed by atoms with E-state index in [2.05, 4.69) is 0 Å².